The predicted molar refractivity (Wildman–Crippen MR) is 83.4 cm³/mol. The Morgan fingerprint density at radius 1 is 0.864 bits per heavy atom. The second kappa shape index (κ2) is 9.76. The molecule has 0 aromatic heterocycles. The molecule has 0 radical (unpaired) electrons. The third-order valence-electron chi connectivity index (χ3n) is 2.78. The minimum Gasteiger partial charge on any atom is -0.384 e. The largest absolute Gasteiger partial charge is 0.384 e. The summed E-state index contributed by atoms with van der Waals surface area (Å²) in [4.78, 5) is 23.4. The first-order chi connectivity index (χ1) is 10.1. The van der Waals surface area contributed by atoms with Gasteiger partial charge in [-0.25, -0.2) is 0 Å². The second-order valence-corrected chi connectivity index (χ2v) is 6.26. The van der Waals surface area contributed by atoms with Crippen LogP contribution >= 0.6 is 0 Å². The molecular weight excluding hydrogens is 288 g/mol. The van der Waals surface area contributed by atoms with Crippen molar-refractivity contribution in [2.45, 2.75) is 51.8 Å². The first kappa shape index (κ1) is 20.8. The molecule has 0 saturated carbocycles. The SMILES string of the molecule is COCCC(=O)NC(C)(C)COC(C)(C)NC(=O)CCOC. The number of ether oxygens (including phenoxy) is 3. The van der Waals surface area contributed by atoms with Crippen molar-refractivity contribution in [2.75, 3.05) is 34.0 Å². The van der Waals surface area contributed by atoms with Gasteiger partial charge in [-0.15, -0.1) is 0 Å². The van der Waals surface area contributed by atoms with Crippen LogP contribution in [0.15, 0.2) is 0 Å². The van der Waals surface area contributed by atoms with Gasteiger partial charge in [0.05, 0.1) is 31.8 Å². The highest BCUT2D eigenvalue weighted by Gasteiger charge is 2.27. The summed E-state index contributed by atoms with van der Waals surface area (Å²) in [6.45, 7) is 8.26. The standard InChI is InChI=1S/C15H30N2O5/c1-14(2,16-12(18)7-9-20-5)11-22-15(3,4)17-13(19)8-10-21-6/h7-11H2,1-6H3,(H,16,18)(H,17,19). The van der Waals surface area contributed by atoms with E-state index < -0.39 is 11.3 Å². The number of hydrogen-bond acceptors (Lipinski definition) is 5. The average Bonchev–Trinajstić information content (AvgIpc) is 2.40. The highest BCUT2D eigenvalue weighted by atomic mass is 16.5. The Morgan fingerprint density at radius 2 is 1.32 bits per heavy atom. The molecule has 22 heavy (non-hydrogen) atoms. The van der Waals surface area contributed by atoms with Gasteiger partial charge in [-0.05, 0) is 27.7 Å². The Bertz CT molecular complexity index is 322. The van der Waals surface area contributed by atoms with Crippen LogP contribution in [0.4, 0.5) is 0 Å². The fourth-order valence-corrected chi connectivity index (χ4v) is 1.66. The molecule has 0 aliphatic carbocycles. The molecule has 0 saturated heterocycles. The van der Waals surface area contributed by atoms with Crippen LogP contribution in [0.2, 0.25) is 0 Å². The molecule has 0 atom stereocenters. The van der Waals surface area contributed by atoms with Gasteiger partial charge in [-0.3, -0.25) is 9.59 Å². The summed E-state index contributed by atoms with van der Waals surface area (Å²) in [6.07, 6.45) is 0.581. The zero-order chi connectivity index (χ0) is 17.2. The van der Waals surface area contributed by atoms with Crippen LogP contribution in [-0.4, -0.2) is 57.1 Å². The zero-order valence-electron chi connectivity index (χ0n) is 14.6. The van der Waals surface area contributed by atoms with Crippen LogP contribution in [0.1, 0.15) is 40.5 Å². The monoisotopic (exact) mass is 318 g/mol. The summed E-state index contributed by atoms with van der Waals surface area (Å²) in [5, 5.41) is 5.65. The molecule has 2 N–H and O–H groups in total. The maximum Gasteiger partial charge on any atom is 0.224 e. The minimum absolute atomic E-state index is 0.0996. The van der Waals surface area contributed by atoms with Gasteiger partial charge in [0.25, 0.3) is 0 Å². The fraction of sp³-hybridized carbons (Fsp3) is 0.867. The second-order valence-electron chi connectivity index (χ2n) is 6.26. The van der Waals surface area contributed by atoms with E-state index in [4.69, 9.17) is 14.2 Å². The molecule has 2 amide bonds. The molecule has 7 nitrogen and oxygen atoms in total. The van der Waals surface area contributed by atoms with Crippen LogP contribution < -0.4 is 10.6 Å². The number of hydrogen-bond donors (Lipinski definition) is 2. The number of methoxy groups -OCH3 is 2. The number of rotatable bonds is 11. The van der Waals surface area contributed by atoms with E-state index in [0.29, 0.717) is 19.6 Å². The summed E-state index contributed by atoms with van der Waals surface area (Å²) >= 11 is 0. The summed E-state index contributed by atoms with van der Waals surface area (Å²) in [5.41, 5.74) is -1.36. The van der Waals surface area contributed by atoms with Crippen molar-refractivity contribution in [1.82, 2.24) is 10.6 Å². The number of amides is 2. The van der Waals surface area contributed by atoms with Crippen LogP contribution in [-0.2, 0) is 23.8 Å². The summed E-state index contributed by atoms with van der Waals surface area (Å²) < 4.78 is 15.5. The van der Waals surface area contributed by atoms with E-state index in [0.717, 1.165) is 0 Å². The lowest BCUT2D eigenvalue weighted by Crippen LogP contribution is -2.52. The smallest absolute Gasteiger partial charge is 0.224 e. The van der Waals surface area contributed by atoms with Crippen molar-refractivity contribution >= 4 is 11.8 Å². The first-order valence-corrected chi connectivity index (χ1v) is 7.36. The molecule has 0 aromatic carbocycles. The van der Waals surface area contributed by atoms with Crippen molar-refractivity contribution in [3.05, 3.63) is 0 Å². The fourth-order valence-electron chi connectivity index (χ4n) is 1.66. The van der Waals surface area contributed by atoms with E-state index in [9.17, 15) is 9.59 Å². The molecule has 0 heterocycles. The minimum atomic E-state index is -0.820. The van der Waals surface area contributed by atoms with E-state index in [1.165, 1.54) is 0 Å². The van der Waals surface area contributed by atoms with E-state index in [2.05, 4.69) is 10.6 Å². The highest BCUT2D eigenvalue weighted by molar-refractivity contribution is 5.77. The van der Waals surface area contributed by atoms with E-state index in [1.54, 1.807) is 28.1 Å². The molecule has 130 valence electrons. The third kappa shape index (κ3) is 10.5. The number of carbonyl (C=O) groups excluding carboxylic acids is 2. The molecule has 0 rings (SSSR count). The first-order valence-electron chi connectivity index (χ1n) is 7.36. The number of nitrogens with one attached hydrogen (secondary N) is 2. The van der Waals surface area contributed by atoms with Crippen molar-refractivity contribution in [3.63, 3.8) is 0 Å². The van der Waals surface area contributed by atoms with Crippen molar-refractivity contribution in [3.8, 4) is 0 Å². The Morgan fingerprint density at radius 3 is 1.77 bits per heavy atom. The van der Waals surface area contributed by atoms with Crippen molar-refractivity contribution in [1.29, 1.82) is 0 Å². The van der Waals surface area contributed by atoms with E-state index in [1.807, 2.05) is 13.8 Å². The number of carbonyl (C=O) groups is 2. The lowest BCUT2D eigenvalue weighted by molar-refractivity contribution is -0.136. The molecule has 0 aliphatic rings. The lowest BCUT2D eigenvalue weighted by atomic mass is 10.1. The molecule has 7 heteroatoms. The molecule has 0 bridgehead atoms. The van der Waals surface area contributed by atoms with E-state index in [-0.39, 0.29) is 24.8 Å². The van der Waals surface area contributed by atoms with Crippen LogP contribution in [0, 0.1) is 0 Å². The molecule has 0 fully saturated rings. The topological polar surface area (TPSA) is 85.9 Å². The Hall–Kier alpha value is -1.18. The van der Waals surface area contributed by atoms with Crippen LogP contribution in [0.3, 0.4) is 0 Å². The third-order valence-corrected chi connectivity index (χ3v) is 2.78. The van der Waals surface area contributed by atoms with Crippen molar-refractivity contribution in [2.24, 2.45) is 0 Å². The van der Waals surface area contributed by atoms with Gasteiger partial charge in [-0.2, -0.15) is 0 Å². The average molecular weight is 318 g/mol. The Balaban J connectivity index is 4.25. The van der Waals surface area contributed by atoms with Crippen LogP contribution in [0.25, 0.3) is 0 Å². The van der Waals surface area contributed by atoms with Gasteiger partial charge in [0, 0.05) is 20.6 Å². The maximum absolute atomic E-state index is 11.7. The van der Waals surface area contributed by atoms with Gasteiger partial charge in [0.1, 0.15) is 5.72 Å². The van der Waals surface area contributed by atoms with Crippen LogP contribution in [0.5, 0.6) is 0 Å². The Labute approximate surface area is 133 Å². The van der Waals surface area contributed by atoms with Gasteiger partial charge < -0.3 is 24.8 Å². The Kier molecular flexibility index (Phi) is 9.24. The quantitative estimate of drug-likeness (QED) is 0.551. The normalized spacial score (nSPS) is 12.1. The predicted octanol–water partition coefficient (Wildman–Crippen LogP) is 0.823. The maximum atomic E-state index is 11.7. The van der Waals surface area contributed by atoms with Gasteiger partial charge in [-0.1, -0.05) is 0 Å². The summed E-state index contributed by atoms with van der Waals surface area (Å²) in [7, 11) is 3.10. The molecular formula is C15H30N2O5. The molecule has 0 spiro atoms. The zero-order valence-corrected chi connectivity index (χ0v) is 14.6. The van der Waals surface area contributed by atoms with Gasteiger partial charge in [0.15, 0.2) is 0 Å². The van der Waals surface area contributed by atoms with E-state index >= 15 is 0 Å². The molecule has 0 unspecified atom stereocenters. The summed E-state index contributed by atoms with van der Waals surface area (Å²) in [5.74, 6) is -0.244. The molecule has 0 aromatic rings. The van der Waals surface area contributed by atoms with Gasteiger partial charge >= 0.3 is 0 Å². The molecule has 0 aliphatic heterocycles. The van der Waals surface area contributed by atoms with Crippen molar-refractivity contribution < 1.29 is 23.8 Å². The summed E-state index contributed by atoms with van der Waals surface area (Å²) in [6, 6.07) is 0. The highest BCUT2D eigenvalue weighted by Crippen LogP contribution is 2.11. The lowest BCUT2D eigenvalue weighted by Gasteiger charge is -2.33. The van der Waals surface area contributed by atoms with Gasteiger partial charge in [0.2, 0.25) is 11.8 Å².